The van der Waals surface area contributed by atoms with Crippen molar-refractivity contribution in [1.82, 2.24) is 0 Å². The van der Waals surface area contributed by atoms with Gasteiger partial charge in [0, 0.05) is 17.2 Å². The van der Waals surface area contributed by atoms with E-state index in [1.54, 1.807) is 32.4 Å². The minimum absolute atomic E-state index is 0.0322. The maximum atomic E-state index is 12.5. The van der Waals surface area contributed by atoms with Gasteiger partial charge in [-0.05, 0) is 24.1 Å². The molecular formula is C18H20O3. The van der Waals surface area contributed by atoms with Crippen LogP contribution >= 0.6 is 0 Å². The molecule has 2 rings (SSSR count). The van der Waals surface area contributed by atoms with Gasteiger partial charge >= 0.3 is 0 Å². The zero-order valence-corrected chi connectivity index (χ0v) is 12.7. The van der Waals surface area contributed by atoms with Gasteiger partial charge < -0.3 is 9.47 Å². The molecule has 3 nitrogen and oxygen atoms in total. The molecule has 0 fully saturated rings. The number of hydrogen-bond donors (Lipinski definition) is 0. The van der Waals surface area contributed by atoms with E-state index in [1.807, 2.05) is 24.3 Å². The summed E-state index contributed by atoms with van der Waals surface area (Å²) in [5.41, 5.74) is 2.48. The normalized spacial score (nSPS) is 10.2. The number of rotatable bonds is 6. The number of methoxy groups -OCH3 is 2. The van der Waals surface area contributed by atoms with E-state index in [4.69, 9.17) is 9.47 Å². The number of benzene rings is 2. The minimum Gasteiger partial charge on any atom is -0.497 e. The first-order chi connectivity index (χ1) is 10.2. The molecule has 0 saturated carbocycles. The topological polar surface area (TPSA) is 35.5 Å². The van der Waals surface area contributed by atoms with Crippen LogP contribution in [-0.2, 0) is 6.42 Å². The molecule has 0 heterocycles. The summed E-state index contributed by atoms with van der Waals surface area (Å²) in [7, 11) is 3.14. The van der Waals surface area contributed by atoms with Crippen LogP contribution in [0.15, 0.2) is 42.5 Å². The molecule has 0 spiro atoms. The highest BCUT2D eigenvalue weighted by molar-refractivity contribution is 6.09. The van der Waals surface area contributed by atoms with Gasteiger partial charge in [-0.1, -0.05) is 37.6 Å². The van der Waals surface area contributed by atoms with Gasteiger partial charge in [0.25, 0.3) is 0 Å². The lowest BCUT2D eigenvalue weighted by Crippen LogP contribution is -2.02. The van der Waals surface area contributed by atoms with Crippen LogP contribution in [0.3, 0.4) is 0 Å². The third-order valence-electron chi connectivity index (χ3n) is 3.37. The van der Waals surface area contributed by atoms with Crippen molar-refractivity contribution in [3.05, 3.63) is 59.2 Å². The molecule has 2 aromatic rings. The maximum absolute atomic E-state index is 12.5. The molecule has 0 bridgehead atoms. The number of ketones is 1. The fourth-order valence-corrected chi connectivity index (χ4v) is 2.22. The van der Waals surface area contributed by atoms with Crippen molar-refractivity contribution < 1.29 is 14.3 Å². The second kappa shape index (κ2) is 6.93. The first kappa shape index (κ1) is 15.1. The van der Waals surface area contributed by atoms with Gasteiger partial charge in [0.1, 0.15) is 11.5 Å². The lowest BCUT2D eigenvalue weighted by molar-refractivity contribution is 0.103. The Bertz CT molecular complexity index is 593. The van der Waals surface area contributed by atoms with Crippen molar-refractivity contribution in [3.63, 3.8) is 0 Å². The van der Waals surface area contributed by atoms with Crippen LogP contribution in [-0.4, -0.2) is 20.0 Å². The smallest absolute Gasteiger partial charge is 0.193 e. The van der Waals surface area contributed by atoms with Crippen molar-refractivity contribution >= 4 is 5.78 Å². The Hall–Kier alpha value is -2.29. The molecule has 0 radical (unpaired) electrons. The Labute approximate surface area is 125 Å². The van der Waals surface area contributed by atoms with Crippen LogP contribution < -0.4 is 9.47 Å². The molecule has 0 amide bonds. The van der Waals surface area contributed by atoms with E-state index in [1.165, 1.54) is 5.56 Å². The summed E-state index contributed by atoms with van der Waals surface area (Å²) in [6, 6.07) is 13.0. The molecule has 0 aliphatic carbocycles. The van der Waals surface area contributed by atoms with E-state index in [0.717, 1.165) is 12.8 Å². The van der Waals surface area contributed by atoms with E-state index in [9.17, 15) is 4.79 Å². The number of hydrogen-bond acceptors (Lipinski definition) is 3. The van der Waals surface area contributed by atoms with Gasteiger partial charge in [0.2, 0.25) is 0 Å². The first-order valence-corrected chi connectivity index (χ1v) is 7.04. The average Bonchev–Trinajstić information content (AvgIpc) is 2.54. The predicted octanol–water partition coefficient (Wildman–Crippen LogP) is 3.89. The lowest BCUT2D eigenvalue weighted by atomic mass is 10.0. The quantitative estimate of drug-likeness (QED) is 0.755. The average molecular weight is 284 g/mol. The highest BCUT2D eigenvalue weighted by Crippen LogP contribution is 2.24. The van der Waals surface area contributed by atoms with Crippen molar-refractivity contribution in [3.8, 4) is 11.5 Å². The van der Waals surface area contributed by atoms with Crippen LogP contribution in [0.4, 0.5) is 0 Å². The van der Waals surface area contributed by atoms with Gasteiger partial charge in [0.15, 0.2) is 5.78 Å². The van der Waals surface area contributed by atoms with Crippen LogP contribution in [0.1, 0.15) is 34.8 Å². The molecule has 0 aliphatic heterocycles. The number of ether oxygens (including phenoxy) is 2. The Morgan fingerprint density at radius 3 is 1.95 bits per heavy atom. The molecule has 0 N–H and O–H groups in total. The van der Waals surface area contributed by atoms with Crippen molar-refractivity contribution in [2.75, 3.05) is 14.2 Å². The maximum Gasteiger partial charge on any atom is 0.193 e. The number of carbonyl (C=O) groups excluding carboxylic acids is 1. The highest BCUT2D eigenvalue weighted by Gasteiger charge is 2.12. The summed E-state index contributed by atoms with van der Waals surface area (Å²) in [6.45, 7) is 2.14. The summed E-state index contributed by atoms with van der Waals surface area (Å²) in [5, 5.41) is 0. The van der Waals surface area contributed by atoms with Crippen molar-refractivity contribution in [2.24, 2.45) is 0 Å². The molecule has 0 unspecified atom stereocenters. The van der Waals surface area contributed by atoms with Crippen molar-refractivity contribution in [1.29, 1.82) is 0 Å². The standard InChI is InChI=1S/C18H20O3/c1-4-5-13-6-8-14(9-7-13)18(19)15-10-16(20-2)12-17(11-15)21-3/h6-12H,4-5H2,1-3H3. The molecule has 0 aromatic heterocycles. The van der Waals surface area contributed by atoms with Gasteiger partial charge in [-0.2, -0.15) is 0 Å². The Balaban J connectivity index is 2.30. The molecule has 0 saturated heterocycles. The second-order valence-corrected chi connectivity index (χ2v) is 4.88. The SMILES string of the molecule is CCCc1ccc(C(=O)c2cc(OC)cc(OC)c2)cc1. The third kappa shape index (κ3) is 3.63. The highest BCUT2D eigenvalue weighted by atomic mass is 16.5. The van der Waals surface area contributed by atoms with Crippen LogP contribution in [0.5, 0.6) is 11.5 Å². The summed E-state index contributed by atoms with van der Waals surface area (Å²) in [5.74, 6) is 1.19. The molecule has 0 atom stereocenters. The molecule has 0 aliphatic rings. The second-order valence-electron chi connectivity index (χ2n) is 4.88. The monoisotopic (exact) mass is 284 g/mol. The van der Waals surface area contributed by atoms with Gasteiger partial charge in [-0.25, -0.2) is 0 Å². The summed E-state index contributed by atoms with van der Waals surface area (Å²) in [4.78, 5) is 12.5. The molecule has 3 heteroatoms. The minimum atomic E-state index is -0.0322. The van der Waals surface area contributed by atoms with E-state index >= 15 is 0 Å². The summed E-state index contributed by atoms with van der Waals surface area (Å²) in [6.07, 6.45) is 2.13. The molecule has 110 valence electrons. The fraction of sp³-hybridized carbons (Fsp3) is 0.278. The number of carbonyl (C=O) groups is 1. The Morgan fingerprint density at radius 2 is 1.48 bits per heavy atom. The molecular weight excluding hydrogens is 264 g/mol. The van der Waals surface area contributed by atoms with Gasteiger partial charge in [0.05, 0.1) is 14.2 Å². The zero-order chi connectivity index (χ0) is 15.2. The molecule has 21 heavy (non-hydrogen) atoms. The molecule has 2 aromatic carbocycles. The van der Waals surface area contributed by atoms with Crippen molar-refractivity contribution in [2.45, 2.75) is 19.8 Å². The van der Waals surface area contributed by atoms with Crippen LogP contribution in [0.25, 0.3) is 0 Å². The number of aryl methyl sites for hydroxylation is 1. The van der Waals surface area contributed by atoms with E-state index in [-0.39, 0.29) is 5.78 Å². The largest absolute Gasteiger partial charge is 0.497 e. The van der Waals surface area contributed by atoms with Gasteiger partial charge in [-0.3, -0.25) is 4.79 Å². The van der Waals surface area contributed by atoms with Crippen LogP contribution in [0.2, 0.25) is 0 Å². The van der Waals surface area contributed by atoms with Crippen LogP contribution in [0, 0.1) is 0 Å². The third-order valence-corrected chi connectivity index (χ3v) is 3.37. The van der Waals surface area contributed by atoms with E-state index in [0.29, 0.717) is 22.6 Å². The Morgan fingerprint density at radius 1 is 0.905 bits per heavy atom. The van der Waals surface area contributed by atoms with E-state index < -0.39 is 0 Å². The van der Waals surface area contributed by atoms with Gasteiger partial charge in [-0.15, -0.1) is 0 Å². The summed E-state index contributed by atoms with van der Waals surface area (Å²) >= 11 is 0. The Kier molecular flexibility index (Phi) is 4.99. The van der Waals surface area contributed by atoms with E-state index in [2.05, 4.69) is 6.92 Å². The summed E-state index contributed by atoms with van der Waals surface area (Å²) < 4.78 is 10.4. The predicted molar refractivity (Wildman–Crippen MR) is 83.4 cm³/mol. The zero-order valence-electron chi connectivity index (χ0n) is 12.7. The fourth-order valence-electron chi connectivity index (χ4n) is 2.22. The lowest BCUT2D eigenvalue weighted by Gasteiger charge is -2.08. The first-order valence-electron chi connectivity index (χ1n) is 7.04.